The van der Waals surface area contributed by atoms with Crippen molar-refractivity contribution in [1.82, 2.24) is 4.90 Å². The van der Waals surface area contributed by atoms with Crippen LogP contribution in [0.3, 0.4) is 0 Å². The maximum Gasteiger partial charge on any atom is 0.238 e. The summed E-state index contributed by atoms with van der Waals surface area (Å²) in [6, 6.07) is -1.29. The van der Waals surface area contributed by atoms with Crippen molar-refractivity contribution in [1.29, 1.82) is 0 Å². The summed E-state index contributed by atoms with van der Waals surface area (Å²) in [6.45, 7) is 18.6. The van der Waals surface area contributed by atoms with Gasteiger partial charge in [0.25, 0.3) is 0 Å². The van der Waals surface area contributed by atoms with Gasteiger partial charge in [-0.25, -0.2) is 0 Å². The van der Waals surface area contributed by atoms with Crippen molar-refractivity contribution >= 4 is 11.8 Å². The fourth-order valence-corrected chi connectivity index (χ4v) is 5.99. The average Bonchev–Trinajstić information content (AvgIpc) is 2.48. The van der Waals surface area contributed by atoms with Gasteiger partial charge < -0.3 is 20.8 Å². The van der Waals surface area contributed by atoms with Gasteiger partial charge in [0.15, 0.2) is 0 Å². The van der Waals surface area contributed by atoms with Crippen LogP contribution in [0.2, 0.25) is 0 Å². The third kappa shape index (κ3) is 5.56. The maximum atomic E-state index is 14.3. The first-order valence-electron chi connectivity index (χ1n) is 11.2. The van der Waals surface area contributed by atoms with E-state index in [2.05, 4.69) is 0 Å². The lowest BCUT2D eigenvalue weighted by Gasteiger charge is -2.57. The van der Waals surface area contributed by atoms with Gasteiger partial charge in [-0.1, -0.05) is 60.8 Å². The molecule has 0 bridgehead atoms. The van der Waals surface area contributed by atoms with E-state index in [0.29, 0.717) is 12.8 Å². The molecule has 2 unspecified atom stereocenters. The van der Waals surface area contributed by atoms with E-state index in [0.717, 1.165) is 19.3 Å². The first-order chi connectivity index (χ1) is 13.2. The quantitative estimate of drug-likeness (QED) is 0.564. The molecule has 0 aromatic rings. The molecule has 0 spiro atoms. The largest absolute Gasteiger partial charge is 0.388 e. The lowest BCUT2D eigenvalue weighted by Crippen LogP contribution is -2.71. The molecule has 0 radical (unpaired) electrons. The van der Waals surface area contributed by atoms with Crippen LogP contribution in [0, 0.1) is 16.2 Å². The van der Waals surface area contributed by atoms with Crippen LogP contribution in [0.15, 0.2) is 0 Å². The van der Waals surface area contributed by atoms with Gasteiger partial charge in [-0.3, -0.25) is 9.59 Å². The Balaban J connectivity index is 3.88. The molecule has 30 heavy (non-hydrogen) atoms. The zero-order chi connectivity index (χ0) is 23.9. The van der Waals surface area contributed by atoms with E-state index in [1.807, 2.05) is 41.5 Å². The summed E-state index contributed by atoms with van der Waals surface area (Å²) in [4.78, 5) is 28.7. The van der Waals surface area contributed by atoms with E-state index in [9.17, 15) is 19.8 Å². The monoisotopic (exact) mass is 426 g/mol. The number of nitrogens with zero attached hydrogens (tertiary/aromatic N) is 1. The van der Waals surface area contributed by atoms with Gasteiger partial charge in [0.1, 0.15) is 5.41 Å². The van der Waals surface area contributed by atoms with E-state index in [-0.39, 0.29) is 5.91 Å². The van der Waals surface area contributed by atoms with E-state index in [1.54, 1.807) is 32.6 Å². The van der Waals surface area contributed by atoms with Gasteiger partial charge in [-0.05, 0) is 51.4 Å². The Bertz CT molecular complexity index is 564. The van der Waals surface area contributed by atoms with Crippen LogP contribution < -0.4 is 5.73 Å². The highest BCUT2D eigenvalue weighted by atomic mass is 16.3. The van der Waals surface area contributed by atoms with Gasteiger partial charge in [-0.2, -0.15) is 0 Å². The number of amides is 2. The summed E-state index contributed by atoms with van der Waals surface area (Å²) in [5.74, 6) is -0.970. The van der Waals surface area contributed by atoms with E-state index < -0.39 is 45.4 Å². The van der Waals surface area contributed by atoms with Crippen molar-refractivity contribution in [2.24, 2.45) is 22.0 Å². The van der Waals surface area contributed by atoms with Gasteiger partial charge in [0.05, 0.1) is 23.3 Å². The number of primary amides is 1. The SMILES string of the molecule is CC(C)(C)C(N(C(=O)C1(C(N)=O)CCCCC1)C(C(C)(C)C)C(C)(C)O)C(C)(C)O. The molecule has 0 aliphatic heterocycles. The smallest absolute Gasteiger partial charge is 0.238 e. The standard InChI is InChI=1S/C24H46N2O4/c1-20(2,3)16(22(7,8)29)26(17(21(4,5)6)23(9,10)30)19(28)24(18(25)27)14-12-11-13-15-24/h16-17,29-30H,11-15H2,1-10H3,(H2,25,27). The molecule has 176 valence electrons. The average molecular weight is 427 g/mol. The molecule has 0 heterocycles. The van der Waals surface area contributed by atoms with Gasteiger partial charge in [0, 0.05) is 0 Å². The molecule has 2 amide bonds. The summed E-state index contributed by atoms with van der Waals surface area (Å²) < 4.78 is 0. The van der Waals surface area contributed by atoms with Crippen LogP contribution in [0.25, 0.3) is 0 Å². The predicted molar refractivity (Wildman–Crippen MR) is 121 cm³/mol. The second-order valence-corrected chi connectivity index (χ2v) is 12.6. The second-order valence-electron chi connectivity index (χ2n) is 12.6. The van der Waals surface area contributed by atoms with Crippen LogP contribution in [0.5, 0.6) is 0 Å². The maximum absolute atomic E-state index is 14.3. The number of rotatable bonds is 6. The van der Waals surface area contributed by atoms with Crippen LogP contribution in [-0.4, -0.2) is 50.2 Å². The molecular weight excluding hydrogens is 380 g/mol. The van der Waals surface area contributed by atoms with Crippen LogP contribution >= 0.6 is 0 Å². The second kappa shape index (κ2) is 8.42. The summed E-state index contributed by atoms with van der Waals surface area (Å²) in [6.07, 6.45) is 3.29. The van der Waals surface area contributed by atoms with Crippen molar-refractivity contribution in [3.63, 3.8) is 0 Å². The molecule has 1 saturated carbocycles. The topological polar surface area (TPSA) is 104 Å². The highest BCUT2D eigenvalue weighted by Crippen LogP contribution is 2.46. The third-order valence-corrected chi connectivity index (χ3v) is 6.36. The Morgan fingerprint density at radius 1 is 0.767 bits per heavy atom. The number of aliphatic hydroxyl groups is 2. The number of hydrogen-bond donors (Lipinski definition) is 3. The Morgan fingerprint density at radius 2 is 1.10 bits per heavy atom. The van der Waals surface area contributed by atoms with Crippen molar-refractivity contribution in [3.8, 4) is 0 Å². The van der Waals surface area contributed by atoms with E-state index in [1.165, 1.54) is 0 Å². The molecule has 1 aliphatic carbocycles. The molecule has 2 atom stereocenters. The third-order valence-electron chi connectivity index (χ3n) is 6.36. The Kier molecular flexibility index (Phi) is 7.55. The zero-order valence-corrected chi connectivity index (χ0v) is 20.9. The Labute approximate surface area is 183 Å². The first kappa shape index (κ1) is 26.9. The molecule has 1 rings (SSSR count). The minimum Gasteiger partial charge on any atom is -0.388 e. The number of hydrogen-bond acceptors (Lipinski definition) is 4. The van der Waals surface area contributed by atoms with Gasteiger partial charge in [-0.15, -0.1) is 0 Å². The van der Waals surface area contributed by atoms with Crippen LogP contribution in [0.1, 0.15) is 101 Å². The molecule has 1 fully saturated rings. The van der Waals surface area contributed by atoms with Crippen molar-refractivity contribution in [3.05, 3.63) is 0 Å². The molecule has 4 N–H and O–H groups in total. The Hall–Kier alpha value is -1.14. The molecule has 0 aromatic heterocycles. The molecule has 6 heteroatoms. The van der Waals surface area contributed by atoms with Gasteiger partial charge in [0.2, 0.25) is 11.8 Å². The lowest BCUT2D eigenvalue weighted by molar-refractivity contribution is -0.185. The zero-order valence-electron chi connectivity index (χ0n) is 20.9. The fourth-order valence-electron chi connectivity index (χ4n) is 5.99. The number of carbonyl (C=O) groups excluding carboxylic acids is 2. The summed E-state index contributed by atoms with van der Waals surface area (Å²) in [5, 5.41) is 22.5. The minimum absolute atomic E-state index is 0.362. The lowest BCUT2D eigenvalue weighted by atomic mass is 9.67. The normalized spacial score (nSPS) is 20.4. The minimum atomic E-state index is -1.30. The predicted octanol–water partition coefficient (Wildman–Crippen LogP) is 3.62. The highest BCUT2D eigenvalue weighted by molar-refractivity contribution is 6.04. The molecule has 6 nitrogen and oxygen atoms in total. The van der Waals surface area contributed by atoms with Crippen LogP contribution in [-0.2, 0) is 9.59 Å². The summed E-state index contributed by atoms with van der Waals surface area (Å²) in [7, 11) is 0. The number of nitrogens with two attached hydrogens (primary N) is 1. The first-order valence-corrected chi connectivity index (χ1v) is 11.2. The Morgan fingerprint density at radius 3 is 1.33 bits per heavy atom. The van der Waals surface area contributed by atoms with Crippen molar-refractivity contribution < 1.29 is 19.8 Å². The fraction of sp³-hybridized carbons (Fsp3) is 0.917. The van der Waals surface area contributed by atoms with Gasteiger partial charge >= 0.3 is 0 Å². The summed E-state index contributed by atoms with van der Waals surface area (Å²) in [5.41, 5.74) is 0.991. The van der Waals surface area contributed by atoms with Crippen molar-refractivity contribution in [2.75, 3.05) is 0 Å². The highest BCUT2D eigenvalue weighted by Gasteiger charge is 2.57. The van der Waals surface area contributed by atoms with Crippen LogP contribution in [0.4, 0.5) is 0 Å². The molecular formula is C24H46N2O4. The molecule has 1 aliphatic rings. The van der Waals surface area contributed by atoms with Crippen molar-refractivity contribution in [2.45, 2.75) is 125 Å². The summed E-state index contributed by atoms with van der Waals surface area (Å²) >= 11 is 0. The molecule has 0 saturated heterocycles. The van der Waals surface area contributed by atoms with E-state index in [4.69, 9.17) is 5.73 Å². The number of carbonyl (C=O) groups is 2. The van der Waals surface area contributed by atoms with E-state index >= 15 is 0 Å². The molecule has 0 aromatic carbocycles.